The number of halogens is 1. The highest BCUT2D eigenvalue weighted by molar-refractivity contribution is 7.88. The van der Waals surface area contributed by atoms with Crippen LogP contribution in [-0.4, -0.2) is 47.4 Å². The Hall–Kier alpha value is -2.07. The number of carbonyl (C=O) groups is 1. The summed E-state index contributed by atoms with van der Waals surface area (Å²) in [5.41, 5.74) is 1.32. The second-order valence-electron chi connectivity index (χ2n) is 7.21. The lowest BCUT2D eigenvalue weighted by atomic mass is 10.0. The van der Waals surface area contributed by atoms with Crippen molar-refractivity contribution in [3.63, 3.8) is 0 Å². The molecule has 0 aliphatic carbocycles. The van der Waals surface area contributed by atoms with Crippen LogP contribution in [-0.2, 0) is 21.4 Å². The smallest absolute Gasteiger partial charge is 0.247 e. The number of hydrogen-bond donors (Lipinski definition) is 0. The summed E-state index contributed by atoms with van der Waals surface area (Å²) in [6.07, 6.45) is 4.84. The van der Waals surface area contributed by atoms with Gasteiger partial charge in [0.1, 0.15) is 11.6 Å². The van der Waals surface area contributed by atoms with E-state index in [1.807, 2.05) is 24.3 Å². The Bertz CT molecular complexity index is 1170. The molecule has 1 amide bonds. The summed E-state index contributed by atoms with van der Waals surface area (Å²) in [4.78, 5) is 24.1. The molecule has 0 radical (unpaired) electrons. The zero-order chi connectivity index (χ0) is 21.3. The van der Waals surface area contributed by atoms with Gasteiger partial charge in [-0.15, -0.1) is 0 Å². The first-order valence-electron chi connectivity index (χ1n) is 9.58. The van der Waals surface area contributed by atoms with E-state index in [2.05, 4.69) is 9.97 Å². The largest absolute Gasteiger partial charge is 0.281 e. The first-order chi connectivity index (χ1) is 14.3. The van der Waals surface area contributed by atoms with Crippen LogP contribution < -0.4 is 4.90 Å². The van der Waals surface area contributed by atoms with Crippen molar-refractivity contribution in [2.75, 3.05) is 17.7 Å². The lowest BCUT2D eigenvalue weighted by molar-refractivity contribution is -0.123. The van der Waals surface area contributed by atoms with Crippen molar-refractivity contribution in [2.45, 2.75) is 31.8 Å². The quantitative estimate of drug-likeness (QED) is 0.575. The number of nitrogens with zero attached hydrogens (tertiary/aromatic N) is 4. The van der Waals surface area contributed by atoms with E-state index >= 15 is 0 Å². The summed E-state index contributed by atoms with van der Waals surface area (Å²) in [6.45, 7) is 0.545. The number of benzene rings is 1. The lowest BCUT2D eigenvalue weighted by Crippen LogP contribution is -2.52. The second-order valence-corrected chi connectivity index (χ2v) is 10.6. The van der Waals surface area contributed by atoms with Gasteiger partial charge in [-0.1, -0.05) is 41.5 Å². The first-order valence-corrected chi connectivity index (χ1v) is 12.6. The Labute approximate surface area is 184 Å². The fourth-order valence-electron chi connectivity index (χ4n) is 3.64. The van der Waals surface area contributed by atoms with Crippen molar-refractivity contribution in [1.29, 1.82) is 0 Å². The average molecular weight is 465 g/mol. The van der Waals surface area contributed by atoms with E-state index in [9.17, 15) is 13.2 Å². The number of sulfonamides is 1. The average Bonchev–Trinajstić information content (AvgIpc) is 3.17. The number of piperidine rings is 1. The third-order valence-electron chi connectivity index (χ3n) is 5.07. The van der Waals surface area contributed by atoms with Crippen LogP contribution in [0, 0.1) is 0 Å². The minimum Gasteiger partial charge on any atom is -0.281 e. The molecule has 4 rings (SSSR count). The maximum atomic E-state index is 13.6. The van der Waals surface area contributed by atoms with Gasteiger partial charge in [-0.25, -0.2) is 13.4 Å². The van der Waals surface area contributed by atoms with Crippen LogP contribution in [0.15, 0.2) is 42.6 Å². The highest BCUT2D eigenvalue weighted by Crippen LogP contribution is 2.34. The van der Waals surface area contributed by atoms with Crippen LogP contribution in [0.2, 0.25) is 5.02 Å². The molecule has 3 heterocycles. The molecular formula is C20H21ClN4O3S2. The van der Waals surface area contributed by atoms with Crippen LogP contribution >= 0.6 is 22.9 Å². The number of pyridine rings is 1. The maximum Gasteiger partial charge on any atom is 0.247 e. The highest BCUT2D eigenvalue weighted by atomic mass is 35.5. The van der Waals surface area contributed by atoms with Gasteiger partial charge in [0.05, 0.1) is 28.2 Å². The standard InChI is InChI=1S/C20H21ClN4O3S2/c1-30(27,28)25-12-5-3-9-16(25)19(26)24(13-14-7-2-4-11-22-14)20-23-18-15(21)8-6-10-17(18)29-20/h2,4,6-8,10-11,16H,3,5,9,12-13H2,1H3. The van der Waals surface area contributed by atoms with Gasteiger partial charge in [-0.3, -0.25) is 14.7 Å². The number of fused-ring (bicyclic) bond motifs is 1. The van der Waals surface area contributed by atoms with Crippen molar-refractivity contribution in [3.8, 4) is 0 Å². The number of hydrogen-bond acceptors (Lipinski definition) is 6. The Morgan fingerprint density at radius 2 is 2.10 bits per heavy atom. The van der Waals surface area contributed by atoms with Crippen molar-refractivity contribution in [2.24, 2.45) is 0 Å². The number of rotatable bonds is 5. The Balaban J connectivity index is 1.76. The predicted molar refractivity (Wildman–Crippen MR) is 119 cm³/mol. The molecule has 7 nitrogen and oxygen atoms in total. The number of thiazole rings is 1. The maximum absolute atomic E-state index is 13.6. The molecule has 1 aliphatic heterocycles. The molecule has 0 bridgehead atoms. The number of carbonyl (C=O) groups excluding carboxylic acids is 1. The van der Waals surface area contributed by atoms with Crippen molar-refractivity contribution < 1.29 is 13.2 Å². The summed E-state index contributed by atoms with van der Waals surface area (Å²) >= 11 is 7.64. The molecule has 0 spiro atoms. The van der Waals surface area contributed by atoms with Crippen molar-refractivity contribution in [1.82, 2.24) is 14.3 Å². The lowest BCUT2D eigenvalue weighted by Gasteiger charge is -2.35. The predicted octanol–water partition coefficient (Wildman–Crippen LogP) is 3.69. The van der Waals surface area contributed by atoms with Gasteiger partial charge in [-0.05, 0) is 37.1 Å². The number of aromatic nitrogens is 2. The molecule has 1 aliphatic rings. The fraction of sp³-hybridized carbons (Fsp3) is 0.350. The SMILES string of the molecule is CS(=O)(=O)N1CCCCC1C(=O)N(Cc1ccccn1)c1nc2c(Cl)cccc2s1. The monoisotopic (exact) mass is 464 g/mol. The number of amides is 1. The molecule has 0 N–H and O–H groups in total. The molecule has 3 aromatic rings. The zero-order valence-electron chi connectivity index (χ0n) is 16.4. The van der Waals surface area contributed by atoms with E-state index in [1.165, 1.54) is 20.5 Å². The molecule has 2 aromatic heterocycles. The molecule has 0 saturated carbocycles. The highest BCUT2D eigenvalue weighted by Gasteiger charge is 2.38. The Morgan fingerprint density at radius 3 is 2.80 bits per heavy atom. The normalized spacial score (nSPS) is 17.9. The van der Waals surface area contributed by atoms with Crippen LogP contribution in [0.4, 0.5) is 5.13 Å². The molecule has 1 saturated heterocycles. The van der Waals surface area contributed by atoms with E-state index in [0.29, 0.717) is 34.3 Å². The van der Waals surface area contributed by atoms with Gasteiger partial charge in [0.25, 0.3) is 0 Å². The van der Waals surface area contributed by atoms with E-state index in [0.717, 1.165) is 23.8 Å². The van der Waals surface area contributed by atoms with Crippen molar-refractivity contribution >= 4 is 54.2 Å². The molecule has 1 atom stereocenters. The zero-order valence-corrected chi connectivity index (χ0v) is 18.8. The van der Waals surface area contributed by atoms with Crippen LogP contribution in [0.25, 0.3) is 10.2 Å². The minimum atomic E-state index is -3.51. The van der Waals surface area contributed by atoms with Crippen LogP contribution in [0.5, 0.6) is 0 Å². The summed E-state index contributed by atoms with van der Waals surface area (Å²) in [7, 11) is -3.51. The van der Waals surface area contributed by atoms with E-state index in [1.54, 1.807) is 18.3 Å². The molecule has 10 heteroatoms. The van der Waals surface area contributed by atoms with Gasteiger partial charge >= 0.3 is 0 Å². The summed E-state index contributed by atoms with van der Waals surface area (Å²) in [6, 6.07) is 10.2. The molecular weight excluding hydrogens is 444 g/mol. The Morgan fingerprint density at radius 1 is 1.27 bits per heavy atom. The van der Waals surface area contributed by atoms with E-state index in [4.69, 9.17) is 11.6 Å². The van der Waals surface area contributed by atoms with E-state index in [-0.39, 0.29) is 12.5 Å². The first kappa shape index (κ1) is 21.2. The summed E-state index contributed by atoms with van der Waals surface area (Å²) in [5.74, 6) is -0.291. The van der Waals surface area contributed by atoms with Crippen LogP contribution in [0.1, 0.15) is 25.0 Å². The number of para-hydroxylation sites is 1. The topological polar surface area (TPSA) is 83.5 Å². The van der Waals surface area contributed by atoms with Gasteiger partial charge in [0, 0.05) is 12.7 Å². The minimum absolute atomic E-state index is 0.200. The second kappa shape index (κ2) is 8.58. The molecule has 158 valence electrons. The van der Waals surface area contributed by atoms with Gasteiger partial charge < -0.3 is 0 Å². The van der Waals surface area contributed by atoms with Gasteiger partial charge in [0.2, 0.25) is 15.9 Å². The fourth-order valence-corrected chi connectivity index (χ4v) is 6.03. The molecule has 1 fully saturated rings. The van der Waals surface area contributed by atoms with Gasteiger partial charge in [-0.2, -0.15) is 4.31 Å². The van der Waals surface area contributed by atoms with Crippen molar-refractivity contribution in [3.05, 3.63) is 53.3 Å². The third-order valence-corrected chi connectivity index (χ3v) is 7.70. The van der Waals surface area contributed by atoms with Crippen LogP contribution in [0.3, 0.4) is 0 Å². The Kier molecular flexibility index (Phi) is 6.06. The number of anilines is 1. The summed E-state index contributed by atoms with van der Waals surface area (Å²) < 4.78 is 26.8. The molecule has 1 unspecified atom stereocenters. The molecule has 1 aromatic carbocycles. The van der Waals surface area contributed by atoms with Gasteiger partial charge in [0.15, 0.2) is 5.13 Å². The molecule has 30 heavy (non-hydrogen) atoms. The third kappa shape index (κ3) is 4.34. The van der Waals surface area contributed by atoms with E-state index < -0.39 is 16.1 Å². The summed E-state index contributed by atoms with van der Waals surface area (Å²) in [5, 5.41) is 0.989.